The third-order valence-electron chi connectivity index (χ3n) is 9.49. The van der Waals surface area contributed by atoms with Gasteiger partial charge < -0.3 is 0 Å². The van der Waals surface area contributed by atoms with Crippen molar-refractivity contribution in [3.63, 3.8) is 0 Å². The molecule has 0 unspecified atom stereocenters. The molecule has 0 saturated heterocycles. The number of fused-ring (bicyclic) bond motifs is 5. The van der Waals surface area contributed by atoms with Gasteiger partial charge in [-0.05, 0) is 87.6 Å². The second-order valence-electron chi connectivity index (χ2n) is 12.0. The first-order valence-corrected chi connectivity index (χ1v) is 15.9. The molecule has 0 aromatic heterocycles. The van der Waals surface area contributed by atoms with Crippen LogP contribution in [0.1, 0.15) is 0 Å². The molecule has 0 aliphatic rings. The summed E-state index contributed by atoms with van der Waals surface area (Å²) in [5.41, 5.74) is 10.0. The van der Waals surface area contributed by atoms with Crippen molar-refractivity contribution in [2.24, 2.45) is 0 Å². The first-order chi connectivity index (χ1) is 22.8. The Morgan fingerprint density at radius 2 is 0.652 bits per heavy atom. The topological polar surface area (TPSA) is 0 Å². The van der Waals surface area contributed by atoms with Crippen LogP contribution in [0.15, 0.2) is 182 Å². The van der Waals surface area contributed by atoms with Crippen LogP contribution in [0.3, 0.4) is 0 Å². The monoisotopic (exact) mass is 582 g/mol. The average Bonchev–Trinajstić information content (AvgIpc) is 3.14. The van der Waals surface area contributed by atoms with E-state index in [1.54, 1.807) is 0 Å². The average molecular weight is 583 g/mol. The van der Waals surface area contributed by atoms with Crippen LogP contribution in [0.25, 0.3) is 87.6 Å². The highest BCUT2D eigenvalue weighted by atomic mass is 14.2. The summed E-state index contributed by atoms with van der Waals surface area (Å²) in [6.45, 7) is 0. The van der Waals surface area contributed by atoms with Crippen molar-refractivity contribution < 1.29 is 0 Å². The minimum atomic E-state index is 1.22. The number of hydrogen-bond donors (Lipinski definition) is 0. The van der Waals surface area contributed by atoms with Gasteiger partial charge in [0.15, 0.2) is 0 Å². The molecular weight excluding hydrogens is 553 g/mol. The van der Waals surface area contributed by atoms with E-state index in [-0.39, 0.29) is 0 Å². The standard InChI is InChI=1S/C46H30/c1-2-13-31(14-3-1)32-25-27-34(28-26-32)36-17-6-7-18-39(36)45-41-19-8-10-21-43(41)46(44-22-11-9-20-42(44)45)40-24-12-23-37-35-16-5-4-15-33(35)29-30-38(37)40/h1-30H. The van der Waals surface area contributed by atoms with Gasteiger partial charge in [-0.25, -0.2) is 0 Å². The molecule has 0 spiro atoms. The molecular formula is C46H30. The molecule has 0 amide bonds. The molecule has 0 aliphatic heterocycles. The maximum absolute atomic E-state index is 2.30. The van der Waals surface area contributed by atoms with Crippen molar-refractivity contribution in [2.75, 3.05) is 0 Å². The summed E-state index contributed by atoms with van der Waals surface area (Å²) < 4.78 is 0. The highest BCUT2D eigenvalue weighted by molar-refractivity contribution is 6.25. The van der Waals surface area contributed by atoms with E-state index in [9.17, 15) is 0 Å². The molecule has 0 nitrogen and oxygen atoms in total. The van der Waals surface area contributed by atoms with Gasteiger partial charge in [-0.3, -0.25) is 0 Å². The predicted octanol–water partition coefficient (Wildman–Crippen LogP) is 13.0. The molecule has 0 heterocycles. The van der Waals surface area contributed by atoms with Crippen LogP contribution >= 0.6 is 0 Å². The smallest absolute Gasteiger partial charge is 0.00201 e. The van der Waals surface area contributed by atoms with E-state index < -0.39 is 0 Å². The Bertz CT molecular complexity index is 2500. The molecule has 9 aromatic rings. The summed E-state index contributed by atoms with van der Waals surface area (Å²) in [6.07, 6.45) is 0. The molecule has 0 bridgehead atoms. The summed E-state index contributed by atoms with van der Waals surface area (Å²) in [5.74, 6) is 0. The molecule has 0 heteroatoms. The maximum atomic E-state index is 2.30. The van der Waals surface area contributed by atoms with E-state index in [0.29, 0.717) is 0 Å². The van der Waals surface area contributed by atoms with E-state index in [1.165, 1.54) is 87.6 Å². The van der Waals surface area contributed by atoms with Gasteiger partial charge in [-0.1, -0.05) is 182 Å². The Balaban J connectivity index is 1.31. The Labute approximate surface area is 268 Å². The van der Waals surface area contributed by atoms with Crippen LogP contribution in [0.4, 0.5) is 0 Å². The zero-order valence-corrected chi connectivity index (χ0v) is 25.3. The van der Waals surface area contributed by atoms with E-state index >= 15 is 0 Å². The SMILES string of the molecule is c1ccc(-c2ccc(-c3ccccc3-c3c4ccccc4c(-c4cccc5c4ccc4ccccc45)c4ccccc34)cc2)cc1. The van der Waals surface area contributed by atoms with Crippen molar-refractivity contribution in [3.05, 3.63) is 182 Å². The number of rotatable bonds is 4. The van der Waals surface area contributed by atoms with Gasteiger partial charge in [-0.15, -0.1) is 0 Å². The Morgan fingerprint density at radius 1 is 0.196 bits per heavy atom. The van der Waals surface area contributed by atoms with Gasteiger partial charge in [0.25, 0.3) is 0 Å². The summed E-state index contributed by atoms with van der Waals surface area (Å²) in [7, 11) is 0. The molecule has 0 radical (unpaired) electrons. The fourth-order valence-corrected chi connectivity index (χ4v) is 7.39. The number of hydrogen-bond acceptors (Lipinski definition) is 0. The lowest BCUT2D eigenvalue weighted by Crippen LogP contribution is -1.93. The van der Waals surface area contributed by atoms with Gasteiger partial charge in [0.2, 0.25) is 0 Å². The lowest BCUT2D eigenvalue weighted by molar-refractivity contribution is 1.58. The Hall–Kier alpha value is -5.98. The fraction of sp³-hybridized carbons (Fsp3) is 0. The van der Waals surface area contributed by atoms with Crippen molar-refractivity contribution in [3.8, 4) is 44.5 Å². The van der Waals surface area contributed by atoms with Crippen LogP contribution in [-0.4, -0.2) is 0 Å². The van der Waals surface area contributed by atoms with Crippen LogP contribution < -0.4 is 0 Å². The van der Waals surface area contributed by atoms with E-state index in [1.807, 2.05) is 0 Å². The first-order valence-electron chi connectivity index (χ1n) is 15.9. The van der Waals surface area contributed by atoms with Gasteiger partial charge in [0, 0.05) is 0 Å². The normalized spacial score (nSPS) is 11.5. The summed E-state index contributed by atoms with van der Waals surface area (Å²) in [6, 6.07) is 66.5. The van der Waals surface area contributed by atoms with E-state index in [4.69, 9.17) is 0 Å². The van der Waals surface area contributed by atoms with Crippen molar-refractivity contribution in [2.45, 2.75) is 0 Å². The molecule has 9 rings (SSSR count). The van der Waals surface area contributed by atoms with E-state index in [0.717, 1.165) is 0 Å². The van der Waals surface area contributed by atoms with E-state index in [2.05, 4.69) is 182 Å². The van der Waals surface area contributed by atoms with Gasteiger partial charge >= 0.3 is 0 Å². The highest BCUT2D eigenvalue weighted by Gasteiger charge is 2.20. The minimum Gasteiger partial charge on any atom is -0.0622 e. The summed E-state index contributed by atoms with van der Waals surface area (Å²) in [5, 5.41) is 10.2. The maximum Gasteiger partial charge on any atom is -0.00201 e. The van der Waals surface area contributed by atoms with Crippen molar-refractivity contribution >= 4 is 43.1 Å². The quantitative estimate of drug-likeness (QED) is 0.143. The van der Waals surface area contributed by atoms with Crippen LogP contribution in [0, 0.1) is 0 Å². The summed E-state index contributed by atoms with van der Waals surface area (Å²) >= 11 is 0. The fourth-order valence-electron chi connectivity index (χ4n) is 7.39. The molecule has 0 aliphatic carbocycles. The second-order valence-corrected chi connectivity index (χ2v) is 12.0. The molecule has 9 aromatic carbocycles. The minimum absolute atomic E-state index is 1.22. The zero-order chi connectivity index (χ0) is 30.5. The van der Waals surface area contributed by atoms with Crippen LogP contribution in [0.5, 0.6) is 0 Å². The number of benzene rings is 9. The molecule has 214 valence electrons. The van der Waals surface area contributed by atoms with Gasteiger partial charge in [0.05, 0.1) is 0 Å². The van der Waals surface area contributed by atoms with Crippen molar-refractivity contribution in [1.29, 1.82) is 0 Å². The third-order valence-corrected chi connectivity index (χ3v) is 9.49. The zero-order valence-electron chi connectivity index (χ0n) is 25.3. The highest BCUT2D eigenvalue weighted by Crippen LogP contribution is 2.47. The lowest BCUT2D eigenvalue weighted by atomic mass is 9.82. The first kappa shape index (κ1) is 26.4. The molecule has 46 heavy (non-hydrogen) atoms. The van der Waals surface area contributed by atoms with Crippen LogP contribution in [0.2, 0.25) is 0 Å². The lowest BCUT2D eigenvalue weighted by Gasteiger charge is -2.20. The van der Waals surface area contributed by atoms with Gasteiger partial charge in [0.1, 0.15) is 0 Å². The summed E-state index contributed by atoms with van der Waals surface area (Å²) in [4.78, 5) is 0. The predicted molar refractivity (Wildman–Crippen MR) is 198 cm³/mol. The Kier molecular flexibility index (Phi) is 6.25. The molecule has 0 fully saturated rings. The molecule has 0 atom stereocenters. The van der Waals surface area contributed by atoms with Crippen LogP contribution in [-0.2, 0) is 0 Å². The van der Waals surface area contributed by atoms with Crippen molar-refractivity contribution in [1.82, 2.24) is 0 Å². The van der Waals surface area contributed by atoms with Gasteiger partial charge in [-0.2, -0.15) is 0 Å². The third kappa shape index (κ3) is 4.23. The Morgan fingerprint density at radius 3 is 1.33 bits per heavy atom. The second kappa shape index (κ2) is 10.9. The molecule has 0 saturated carbocycles. The molecule has 0 N–H and O–H groups in total. The largest absolute Gasteiger partial charge is 0.0622 e.